The van der Waals surface area contributed by atoms with Crippen molar-refractivity contribution in [2.45, 2.75) is 37.9 Å². The van der Waals surface area contributed by atoms with E-state index in [1.807, 2.05) is 0 Å². The molecule has 2 fully saturated rings. The van der Waals surface area contributed by atoms with Crippen molar-refractivity contribution in [1.29, 1.82) is 0 Å². The molecule has 0 radical (unpaired) electrons. The van der Waals surface area contributed by atoms with Gasteiger partial charge in [0.15, 0.2) is 5.69 Å². The summed E-state index contributed by atoms with van der Waals surface area (Å²) >= 11 is 0. The number of aromatic nitrogens is 2. The second-order valence-electron chi connectivity index (χ2n) is 9.84. The highest BCUT2D eigenvalue weighted by atomic mass is 19.4. The number of aliphatic carboxylic acids is 1. The molecule has 3 heterocycles. The van der Waals surface area contributed by atoms with E-state index in [1.54, 1.807) is 29.2 Å². The van der Waals surface area contributed by atoms with Gasteiger partial charge in [0.25, 0.3) is 5.91 Å². The van der Waals surface area contributed by atoms with E-state index in [0.717, 1.165) is 6.42 Å². The Labute approximate surface area is 226 Å². The summed E-state index contributed by atoms with van der Waals surface area (Å²) in [6.07, 6.45) is -1.19. The number of carboxylic acid groups (broad SMARTS) is 1. The first kappa shape index (κ1) is 27.2. The summed E-state index contributed by atoms with van der Waals surface area (Å²) in [5.41, 5.74) is -0.449. The Morgan fingerprint density at radius 2 is 1.77 bits per heavy atom. The monoisotopic (exact) mass is 557 g/mol. The van der Waals surface area contributed by atoms with Crippen LogP contribution in [0.1, 0.15) is 41.9 Å². The third kappa shape index (κ3) is 5.77. The zero-order valence-corrected chi connectivity index (χ0v) is 21.1. The van der Waals surface area contributed by atoms with E-state index in [4.69, 9.17) is 4.42 Å². The number of carbonyl (C=O) groups is 3. The average molecular weight is 558 g/mol. The number of pyridine rings is 1. The third-order valence-electron chi connectivity index (χ3n) is 7.14. The van der Waals surface area contributed by atoms with Gasteiger partial charge in [-0.05, 0) is 43.5 Å². The number of carbonyl (C=O) groups excluding carboxylic acids is 2. The lowest BCUT2D eigenvalue weighted by Crippen LogP contribution is -2.39. The molecule has 1 aromatic carbocycles. The van der Waals surface area contributed by atoms with Crippen molar-refractivity contribution < 1.29 is 37.1 Å². The van der Waals surface area contributed by atoms with Crippen LogP contribution in [0.5, 0.6) is 0 Å². The van der Waals surface area contributed by atoms with E-state index in [1.165, 1.54) is 24.4 Å². The normalized spacial score (nSPS) is 20.9. The number of nitrogens with zero attached hydrogens (tertiary/aromatic N) is 3. The Kier molecular flexibility index (Phi) is 7.46. The standard InChI is InChI=1S/C27H26F3N5O5/c28-27(29,30)22-21(34-24(40-22)15-5-2-1-3-6-15)23(36)33-16-9-10-20(31-13-16)32-17-11-12-35(14-17)25(37)18-7-4-8-19(18)26(38)39/h1-3,5-6,9-10,13,17-19H,4,7-8,11-12,14H2,(H,31,32)(H,33,36)(H,38,39)/t17?,18-,19-/m0/s1. The summed E-state index contributed by atoms with van der Waals surface area (Å²) in [4.78, 5) is 46.8. The van der Waals surface area contributed by atoms with Crippen LogP contribution in [0, 0.1) is 11.8 Å². The first-order valence-electron chi connectivity index (χ1n) is 12.8. The van der Waals surface area contributed by atoms with E-state index in [-0.39, 0.29) is 23.5 Å². The number of rotatable bonds is 7. The molecule has 2 aliphatic rings. The molecule has 0 bridgehead atoms. The van der Waals surface area contributed by atoms with Gasteiger partial charge in [0.1, 0.15) is 5.82 Å². The molecule has 3 atom stereocenters. The molecular formula is C27H26F3N5O5. The number of amides is 2. The highest BCUT2D eigenvalue weighted by Gasteiger charge is 2.43. The van der Waals surface area contributed by atoms with Crippen LogP contribution in [0.25, 0.3) is 11.5 Å². The zero-order valence-electron chi connectivity index (χ0n) is 21.1. The highest BCUT2D eigenvalue weighted by molar-refractivity contribution is 6.04. The summed E-state index contributed by atoms with van der Waals surface area (Å²) in [6, 6.07) is 10.9. The van der Waals surface area contributed by atoms with Crippen LogP contribution >= 0.6 is 0 Å². The minimum absolute atomic E-state index is 0.109. The van der Waals surface area contributed by atoms with Gasteiger partial charge in [-0.3, -0.25) is 14.4 Å². The van der Waals surface area contributed by atoms with E-state index in [2.05, 4.69) is 20.6 Å². The fraction of sp³-hybridized carbons (Fsp3) is 0.370. The van der Waals surface area contributed by atoms with Crippen molar-refractivity contribution in [3.8, 4) is 11.5 Å². The molecule has 3 N–H and O–H groups in total. The maximum absolute atomic E-state index is 13.6. The second kappa shape index (κ2) is 11.0. The van der Waals surface area contributed by atoms with Crippen molar-refractivity contribution in [2.75, 3.05) is 23.7 Å². The summed E-state index contributed by atoms with van der Waals surface area (Å²) in [6.45, 7) is 0.898. The van der Waals surface area contributed by atoms with Gasteiger partial charge < -0.3 is 25.1 Å². The van der Waals surface area contributed by atoms with Gasteiger partial charge in [-0.1, -0.05) is 24.6 Å². The number of carboxylic acids is 1. The Morgan fingerprint density at radius 3 is 2.45 bits per heavy atom. The number of alkyl halides is 3. The molecular weight excluding hydrogens is 531 g/mol. The fourth-order valence-corrected chi connectivity index (χ4v) is 5.19. The summed E-state index contributed by atoms with van der Waals surface area (Å²) < 4.78 is 45.6. The van der Waals surface area contributed by atoms with Crippen LogP contribution in [0.4, 0.5) is 24.7 Å². The lowest BCUT2D eigenvalue weighted by molar-refractivity contribution is -0.153. The number of benzene rings is 1. The van der Waals surface area contributed by atoms with Gasteiger partial charge in [0, 0.05) is 24.7 Å². The molecule has 1 unspecified atom stereocenters. The first-order valence-corrected chi connectivity index (χ1v) is 12.8. The van der Waals surface area contributed by atoms with E-state index in [9.17, 15) is 32.7 Å². The lowest BCUT2D eigenvalue weighted by atomic mass is 9.95. The molecule has 1 saturated heterocycles. The van der Waals surface area contributed by atoms with Crippen LogP contribution in [0.2, 0.25) is 0 Å². The molecule has 1 aliphatic carbocycles. The quantitative estimate of drug-likeness (QED) is 0.386. The number of hydrogen-bond donors (Lipinski definition) is 3. The molecule has 1 saturated carbocycles. The van der Waals surface area contributed by atoms with Gasteiger partial charge in [-0.15, -0.1) is 0 Å². The van der Waals surface area contributed by atoms with Gasteiger partial charge >= 0.3 is 12.1 Å². The second-order valence-corrected chi connectivity index (χ2v) is 9.84. The third-order valence-corrected chi connectivity index (χ3v) is 7.14. The molecule has 0 spiro atoms. The van der Waals surface area contributed by atoms with Crippen molar-refractivity contribution in [3.63, 3.8) is 0 Å². The van der Waals surface area contributed by atoms with Crippen LogP contribution in [0.3, 0.4) is 0 Å². The van der Waals surface area contributed by atoms with Gasteiger partial charge in [-0.25, -0.2) is 9.97 Å². The summed E-state index contributed by atoms with van der Waals surface area (Å²) in [5.74, 6) is -4.68. The van der Waals surface area contributed by atoms with Crippen molar-refractivity contribution in [2.24, 2.45) is 11.8 Å². The number of oxazole rings is 1. The van der Waals surface area contributed by atoms with E-state index in [0.29, 0.717) is 43.7 Å². The maximum atomic E-state index is 13.6. The van der Waals surface area contributed by atoms with Crippen LogP contribution in [-0.2, 0) is 15.8 Å². The van der Waals surface area contributed by atoms with Gasteiger partial charge in [0.2, 0.25) is 17.6 Å². The predicted octanol–water partition coefficient (Wildman–Crippen LogP) is 4.52. The van der Waals surface area contributed by atoms with Crippen LogP contribution in [-0.4, -0.2) is 56.9 Å². The van der Waals surface area contributed by atoms with Crippen molar-refractivity contribution in [3.05, 3.63) is 60.1 Å². The predicted molar refractivity (Wildman–Crippen MR) is 136 cm³/mol. The summed E-state index contributed by atoms with van der Waals surface area (Å²) in [5, 5.41) is 15.0. The molecule has 210 valence electrons. The molecule has 13 heteroatoms. The number of anilines is 2. The Hall–Kier alpha value is -4.42. The zero-order chi connectivity index (χ0) is 28.4. The number of nitrogens with one attached hydrogen (secondary N) is 2. The average Bonchev–Trinajstić information content (AvgIpc) is 3.69. The van der Waals surface area contributed by atoms with Crippen molar-refractivity contribution >= 4 is 29.3 Å². The smallest absolute Gasteiger partial charge is 0.452 e. The Balaban J connectivity index is 1.21. The number of likely N-dealkylation sites (tertiary alicyclic amines) is 1. The van der Waals surface area contributed by atoms with Gasteiger partial charge in [-0.2, -0.15) is 13.2 Å². The lowest BCUT2D eigenvalue weighted by Gasteiger charge is -2.23. The summed E-state index contributed by atoms with van der Waals surface area (Å²) in [7, 11) is 0. The Bertz CT molecular complexity index is 1390. The van der Waals surface area contributed by atoms with Gasteiger partial charge in [0.05, 0.1) is 23.7 Å². The largest absolute Gasteiger partial charge is 0.481 e. The van der Waals surface area contributed by atoms with Crippen LogP contribution in [0.15, 0.2) is 53.1 Å². The Morgan fingerprint density at radius 1 is 1.02 bits per heavy atom. The molecule has 2 aromatic heterocycles. The molecule has 5 rings (SSSR count). The van der Waals surface area contributed by atoms with E-state index >= 15 is 0 Å². The topological polar surface area (TPSA) is 138 Å². The molecule has 10 nitrogen and oxygen atoms in total. The van der Waals surface area contributed by atoms with E-state index < -0.39 is 41.3 Å². The number of hydrogen-bond acceptors (Lipinski definition) is 7. The molecule has 40 heavy (non-hydrogen) atoms. The highest BCUT2D eigenvalue weighted by Crippen LogP contribution is 2.36. The maximum Gasteiger partial charge on any atom is 0.452 e. The minimum atomic E-state index is -4.93. The minimum Gasteiger partial charge on any atom is -0.481 e. The molecule has 3 aromatic rings. The number of halogens is 3. The molecule has 1 aliphatic heterocycles. The van der Waals surface area contributed by atoms with Crippen LogP contribution < -0.4 is 10.6 Å². The fourth-order valence-electron chi connectivity index (χ4n) is 5.19. The van der Waals surface area contributed by atoms with Crippen molar-refractivity contribution in [1.82, 2.24) is 14.9 Å². The SMILES string of the molecule is O=C(Nc1ccc(NC2CCN(C(=O)[C@H]3CCC[C@@H]3C(=O)O)C2)nc1)c1nc(-c2ccccc2)oc1C(F)(F)F. The first-order chi connectivity index (χ1) is 19.1. The molecule has 2 amide bonds.